The number of hydrogen-bond donors (Lipinski definition) is 2. The molecule has 0 radical (unpaired) electrons. The fraction of sp³-hybridized carbons (Fsp3) is 0.562. The number of hydrogen-bond acceptors (Lipinski definition) is 5. The highest BCUT2D eigenvalue weighted by Crippen LogP contribution is 2.28. The molecule has 0 bridgehead atoms. The summed E-state index contributed by atoms with van der Waals surface area (Å²) in [6.07, 6.45) is 1.55. The number of nitrogens with one attached hydrogen (secondary N) is 2. The predicted molar refractivity (Wildman–Crippen MR) is 89.6 cm³/mol. The van der Waals surface area contributed by atoms with E-state index < -0.39 is 15.4 Å². The molecule has 1 aliphatic rings. The van der Waals surface area contributed by atoms with Gasteiger partial charge in [0.1, 0.15) is 0 Å². The summed E-state index contributed by atoms with van der Waals surface area (Å²) in [5.41, 5.74) is 1.11. The molecule has 0 amide bonds. The third-order valence-corrected chi connectivity index (χ3v) is 4.24. The van der Waals surface area contributed by atoms with Crippen molar-refractivity contribution < 1.29 is 17.9 Å². The standard InChI is InChI=1S/C16H24N2O4S/c1-16(2,3)15(19)22-14-9-12(10-17-14)11-5-7-13(8-6-11)18-23(4,20)21/h5-8,12,14,17-18H,9-10H2,1-4H3. The van der Waals surface area contributed by atoms with E-state index in [0.29, 0.717) is 12.1 Å². The molecule has 2 unspecified atom stereocenters. The minimum Gasteiger partial charge on any atom is -0.446 e. The number of carbonyl (C=O) groups is 1. The van der Waals surface area contributed by atoms with E-state index >= 15 is 0 Å². The van der Waals surface area contributed by atoms with Crippen LogP contribution in [0.5, 0.6) is 0 Å². The normalized spacial score (nSPS) is 21.9. The molecule has 1 aromatic rings. The van der Waals surface area contributed by atoms with Gasteiger partial charge in [-0.1, -0.05) is 12.1 Å². The van der Waals surface area contributed by atoms with Crippen molar-refractivity contribution in [3.63, 3.8) is 0 Å². The summed E-state index contributed by atoms with van der Waals surface area (Å²) in [6.45, 7) is 6.21. The van der Waals surface area contributed by atoms with Gasteiger partial charge < -0.3 is 4.74 Å². The fourth-order valence-corrected chi connectivity index (χ4v) is 2.95. The van der Waals surface area contributed by atoms with Crippen molar-refractivity contribution >= 4 is 21.7 Å². The molecular weight excluding hydrogens is 316 g/mol. The van der Waals surface area contributed by atoms with Gasteiger partial charge in [0.05, 0.1) is 11.7 Å². The molecular formula is C16H24N2O4S. The molecule has 23 heavy (non-hydrogen) atoms. The number of ether oxygens (including phenoxy) is 1. The van der Waals surface area contributed by atoms with Crippen LogP contribution in [-0.4, -0.2) is 33.4 Å². The van der Waals surface area contributed by atoms with Crippen LogP contribution in [-0.2, 0) is 19.6 Å². The minimum absolute atomic E-state index is 0.219. The summed E-state index contributed by atoms with van der Waals surface area (Å²) >= 11 is 0. The lowest BCUT2D eigenvalue weighted by Crippen LogP contribution is -2.33. The quantitative estimate of drug-likeness (QED) is 0.820. The maximum atomic E-state index is 11.9. The van der Waals surface area contributed by atoms with Gasteiger partial charge >= 0.3 is 5.97 Å². The van der Waals surface area contributed by atoms with Crippen molar-refractivity contribution in [2.75, 3.05) is 17.5 Å². The Balaban J connectivity index is 1.95. The Kier molecular flexibility index (Phi) is 5.01. The van der Waals surface area contributed by atoms with E-state index in [1.54, 1.807) is 12.1 Å². The molecule has 2 rings (SSSR count). The summed E-state index contributed by atoms with van der Waals surface area (Å²) in [7, 11) is -3.27. The highest BCUT2D eigenvalue weighted by atomic mass is 32.2. The molecule has 2 atom stereocenters. The molecule has 1 heterocycles. The molecule has 0 saturated carbocycles. The Labute approximate surface area is 137 Å². The molecule has 1 aromatic carbocycles. The van der Waals surface area contributed by atoms with Crippen LogP contribution in [0.3, 0.4) is 0 Å². The van der Waals surface area contributed by atoms with Crippen molar-refractivity contribution in [3.8, 4) is 0 Å². The number of sulfonamides is 1. The molecule has 0 aliphatic carbocycles. The Morgan fingerprint density at radius 3 is 2.39 bits per heavy atom. The van der Waals surface area contributed by atoms with Gasteiger partial charge in [-0.25, -0.2) is 8.42 Å². The molecule has 1 fully saturated rings. The van der Waals surface area contributed by atoms with Crippen molar-refractivity contribution in [1.29, 1.82) is 0 Å². The van der Waals surface area contributed by atoms with Crippen molar-refractivity contribution in [2.45, 2.75) is 39.3 Å². The van der Waals surface area contributed by atoms with Gasteiger partial charge in [0.25, 0.3) is 0 Å². The van der Waals surface area contributed by atoms with Crippen LogP contribution >= 0.6 is 0 Å². The maximum Gasteiger partial charge on any atom is 0.312 e. The highest BCUT2D eigenvalue weighted by molar-refractivity contribution is 7.92. The van der Waals surface area contributed by atoms with Crippen molar-refractivity contribution in [1.82, 2.24) is 5.32 Å². The zero-order chi connectivity index (χ0) is 17.3. The number of benzene rings is 1. The average Bonchev–Trinajstić information content (AvgIpc) is 2.85. The van der Waals surface area contributed by atoms with E-state index in [0.717, 1.165) is 18.4 Å². The van der Waals surface area contributed by atoms with Crippen molar-refractivity contribution in [3.05, 3.63) is 29.8 Å². The lowest BCUT2D eigenvalue weighted by molar-refractivity contribution is -0.159. The second-order valence-corrected chi connectivity index (χ2v) is 8.73. The highest BCUT2D eigenvalue weighted by Gasteiger charge is 2.31. The van der Waals surface area contributed by atoms with Gasteiger partial charge in [-0.15, -0.1) is 0 Å². The third-order valence-electron chi connectivity index (χ3n) is 3.64. The number of carbonyl (C=O) groups excluding carboxylic acids is 1. The smallest absolute Gasteiger partial charge is 0.312 e. The summed E-state index contributed by atoms with van der Waals surface area (Å²) in [5, 5.41) is 3.21. The van der Waals surface area contributed by atoms with E-state index in [1.807, 2.05) is 32.9 Å². The second kappa shape index (κ2) is 6.49. The zero-order valence-electron chi connectivity index (χ0n) is 13.9. The van der Waals surface area contributed by atoms with Crippen LogP contribution in [0.15, 0.2) is 24.3 Å². The van der Waals surface area contributed by atoms with Crippen LogP contribution in [0.1, 0.15) is 38.7 Å². The van der Waals surface area contributed by atoms with Crippen molar-refractivity contribution in [2.24, 2.45) is 5.41 Å². The summed E-state index contributed by atoms with van der Waals surface area (Å²) in [5.74, 6) is 0.0170. The first-order valence-corrected chi connectivity index (χ1v) is 9.46. The van der Waals surface area contributed by atoms with E-state index in [9.17, 15) is 13.2 Å². The lowest BCUT2D eigenvalue weighted by Gasteiger charge is -2.20. The molecule has 128 valence electrons. The number of anilines is 1. The molecule has 6 nitrogen and oxygen atoms in total. The minimum atomic E-state index is -3.27. The fourth-order valence-electron chi connectivity index (χ4n) is 2.39. The Hall–Kier alpha value is -1.60. The van der Waals surface area contributed by atoms with Gasteiger partial charge in [-0.05, 0) is 38.5 Å². The van der Waals surface area contributed by atoms with Crippen LogP contribution in [0.4, 0.5) is 5.69 Å². The van der Waals surface area contributed by atoms with E-state index in [1.165, 1.54) is 0 Å². The first-order valence-electron chi connectivity index (χ1n) is 7.57. The predicted octanol–water partition coefficient (Wildman–Crippen LogP) is 2.05. The van der Waals surface area contributed by atoms with Crippen LogP contribution in [0.25, 0.3) is 0 Å². The largest absolute Gasteiger partial charge is 0.446 e. The topological polar surface area (TPSA) is 84.5 Å². The summed E-state index contributed by atoms with van der Waals surface area (Å²) in [4.78, 5) is 11.9. The van der Waals surface area contributed by atoms with E-state index in [2.05, 4.69) is 10.0 Å². The molecule has 1 saturated heterocycles. The SMILES string of the molecule is CC(C)(C)C(=O)OC1CC(c2ccc(NS(C)(=O)=O)cc2)CN1. The first-order chi connectivity index (χ1) is 10.5. The molecule has 2 N–H and O–H groups in total. The average molecular weight is 340 g/mol. The molecule has 0 spiro atoms. The van der Waals surface area contributed by atoms with Gasteiger partial charge in [0.15, 0.2) is 6.23 Å². The van der Waals surface area contributed by atoms with E-state index in [-0.39, 0.29) is 18.1 Å². The Morgan fingerprint density at radius 2 is 1.87 bits per heavy atom. The second-order valence-electron chi connectivity index (χ2n) is 6.98. The Bertz CT molecular complexity index is 662. The maximum absolute atomic E-state index is 11.9. The summed E-state index contributed by atoms with van der Waals surface area (Å²) < 4.78 is 30.3. The first kappa shape index (κ1) is 17.7. The van der Waals surface area contributed by atoms with Gasteiger partial charge in [0.2, 0.25) is 10.0 Å². The van der Waals surface area contributed by atoms with Crippen LogP contribution in [0, 0.1) is 5.41 Å². The van der Waals surface area contributed by atoms with Crippen LogP contribution < -0.4 is 10.0 Å². The summed E-state index contributed by atoms with van der Waals surface area (Å²) in [6, 6.07) is 7.28. The lowest BCUT2D eigenvalue weighted by atomic mass is 9.96. The molecule has 7 heteroatoms. The Morgan fingerprint density at radius 1 is 1.26 bits per heavy atom. The van der Waals surface area contributed by atoms with Crippen LogP contribution in [0.2, 0.25) is 0 Å². The molecule has 0 aromatic heterocycles. The zero-order valence-corrected chi connectivity index (χ0v) is 14.7. The van der Waals surface area contributed by atoms with Gasteiger partial charge in [0, 0.05) is 24.6 Å². The molecule has 1 aliphatic heterocycles. The third kappa shape index (κ3) is 5.21. The number of rotatable bonds is 4. The number of esters is 1. The van der Waals surface area contributed by atoms with Gasteiger partial charge in [-0.2, -0.15) is 0 Å². The van der Waals surface area contributed by atoms with Gasteiger partial charge in [-0.3, -0.25) is 14.8 Å². The van der Waals surface area contributed by atoms with E-state index in [4.69, 9.17) is 4.74 Å². The monoisotopic (exact) mass is 340 g/mol.